The second-order valence-corrected chi connectivity index (χ2v) is 7.44. The van der Waals surface area contributed by atoms with Crippen LogP contribution in [0.3, 0.4) is 0 Å². The smallest absolute Gasteiger partial charge is 0.422 e. The molecule has 3 rings (SSSR count). The van der Waals surface area contributed by atoms with Crippen LogP contribution in [0.15, 0.2) is 30.5 Å². The van der Waals surface area contributed by atoms with Gasteiger partial charge in [-0.25, -0.2) is 4.98 Å². The van der Waals surface area contributed by atoms with Crippen LogP contribution in [0.2, 0.25) is 5.02 Å². The molecule has 6 nitrogen and oxygen atoms in total. The molecule has 1 fully saturated rings. The van der Waals surface area contributed by atoms with Gasteiger partial charge in [0.1, 0.15) is 5.02 Å². The number of hydrogen-bond acceptors (Lipinski definition) is 5. The van der Waals surface area contributed by atoms with Crippen LogP contribution >= 0.6 is 11.6 Å². The van der Waals surface area contributed by atoms with Crippen LogP contribution < -0.4 is 15.0 Å². The maximum absolute atomic E-state index is 13.6. The van der Waals surface area contributed by atoms with Gasteiger partial charge in [-0.1, -0.05) is 17.7 Å². The third-order valence-electron chi connectivity index (χ3n) is 4.66. The zero-order chi connectivity index (χ0) is 24.2. The summed E-state index contributed by atoms with van der Waals surface area (Å²) in [6, 6.07) is 4.86. The molecule has 2 heterocycles. The molecule has 180 valence electrons. The molecular weight excluding hydrogens is 480 g/mol. The van der Waals surface area contributed by atoms with Crippen molar-refractivity contribution in [2.45, 2.75) is 18.9 Å². The molecule has 1 N–H and O–H groups in total. The fourth-order valence-corrected chi connectivity index (χ4v) is 3.31. The van der Waals surface area contributed by atoms with Crippen LogP contribution in [0.25, 0.3) is 0 Å². The Kier molecular flexibility index (Phi) is 7.58. The van der Waals surface area contributed by atoms with Crippen molar-refractivity contribution >= 4 is 23.2 Å². The number of hydrogen-bond donors (Lipinski definition) is 1. The van der Waals surface area contributed by atoms with Crippen molar-refractivity contribution in [3.63, 3.8) is 0 Å². The number of ether oxygens (including phenoxy) is 2. The molecule has 0 spiro atoms. The number of rotatable bonds is 6. The Morgan fingerprint density at radius 3 is 2.45 bits per heavy atom. The molecule has 0 aliphatic carbocycles. The number of carbonyl (C=O) groups is 1. The van der Waals surface area contributed by atoms with Gasteiger partial charge in [-0.3, -0.25) is 4.79 Å². The topological polar surface area (TPSA) is 63.7 Å². The lowest BCUT2D eigenvalue weighted by Gasteiger charge is -2.29. The number of nitrogens with zero attached hydrogens (tertiary/aromatic N) is 2. The van der Waals surface area contributed by atoms with E-state index < -0.39 is 42.9 Å². The van der Waals surface area contributed by atoms with Gasteiger partial charge in [-0.2, -0.15) is 26.3 Å². The number of alkyl halides is 6. The first-order valence-electron chi connectivity index (χ1n) is 9.60. The zero-order valence-corrected chi connectivity index (χ0v) is 17.7. The van der Waals surface area contributed by atoms with Crippen molar-refractivity contribution in [3.8, 4) is 5.88 Å². The van der Waals surface area contributed by atoms with E-state index in [0.29, 0.717) is 32.0 Å². The molecule has 33 heavy (non-hydrogen) atoms. The number of aromatic nitrogens is 1. The first-order valence-corrected chi connectivity index (χ1v) is 9.98. The summed E-state index contributed by atoms with van der Waals surface area (Å²) in [7, 11) is 0. The lowest BCUT2D eigenvalue weighted by Crippen LogP contribution is -2.36. The molecule has 13 heteroatoms. The average molecular weight is 498 g/mol. The summed E-state index contributed by atoms with van der Waals surface area (Å²) in [6.07, 6.45) is -8.33. The molecule has 1 aromatic carbocycles. The van der Waals surface area contributed by atoms with Gasteiger partial charge in [0.05, 0.1) is 24.3 Å². The van der Waals surface area contributed by atoms with E-state index in [1.807, 2.05) is 0 Å². The van der Waals surface area contributed by atoms with Crippen LogP contribution in [0.5, 0.6) is 5.88 Å². The summed E-state index contributed by atoms with van der Waals surface area (Å²) in [6.45, 7) is -0.313. The van der Waals surface area contributed by atoms with Crippen molar-refractivity contribution < 1.29 is 40.6 Å². The van der Waals surface area contributed by atoms with Crippen LogP contribution in [0.1, 0.15) is 21.5 Å². The Hall–Kier alpha value is -2.73. The van der Waals surface area contributed by atoms with E-state index in [4.69, 9.17) is 16.3 Å². The summed E-state index contributed by atoms with van der Waals surface area (Å²) in [4.78, 5) is 17.7. The van der Waals surface area contributed by atoms with Crippen LogP contribution in [-0.4, -0.2) is 50.0 Å². The predicted molar refractivity (Wildman–Crippen MR) is 106 cm³/mol. The normalized spacial score (nSPS) is 14.8. The van der Waals surface area contributed by atoms with E-state index in [9.17, 15) is 31.1 Å². The Balaban J connectivity index is 1.70. The molecule has 1 aliphatic rings. The minimum Gasteiger partial charge on any atom is -0.467 e. The molecule has 0 atom stereocenters. The molecule has 1 amide bonds. The molecule has 1 aromatic heterocycles. The third-order valence-corrected chi connectivity index (χ3v) is 4.93. The Labute approximate surface area is 189 Å². The maximum atomic E-state index is 13.6. The summed E-state index contributed by atoms with van der Waals surface area (Å²) < 4.78 is 87.2. The highest BCUT2D eigenvalue weighted by Crippen LogP contribution is 2.35. The van der Waals surface area contributed by atoms with Gasteiger partial charge in [0.2, 0.25) is 5.88 Å². The lowest BCUT2D eigenvalue weighted by molar-refractivity contribution is -0.154. The van der Waals surface area contributed by atoms with E-state index in [1.165, 1.54) is 12.1 Å². The standard InChI is InChI=1S/C20H18ClF6N3O3/c21-16-7-13(10-29-18(16)33-11-19(22,23)24)17(31)28-9-12-1-2-14(8-15(12)20(25,26)27)30-3-5-32-6-4-30/h1-2,7-8,10H,3-6,9,11H2,(H,28,31). The van der Waals surface area contributed by atoms with Crippen molar-refractivity contribution in [1.29, 1.82) is 0 Å². The SMILES string of the molecule is O=C(NCc1ccc(N2CCOCC2)cc1C(F)(F)F)c1cnc(OCC(F)(F)F)c(Cl)c1. The van der Waals surface area contributed by atoms with Crippen LogP contribution in [0, 0.1) is 0 Å². The second kappa shape index (κ2) is 10.0. The number of nitrogens with one attached hydrogen (secondary N) is 1. The summed E-state index contributed by atoms with van der Waals surface area (Å²) in [5, 5.41) is 1.99. The van der Waals surface area contributed by atoms with Gasteiger partial charge in [0.15, 0.2) is 6.61 Å². The Bertz CT molecular complexity index is 994. The van der Waals surface area contributed by atoms with E-state index >= 15 is 0 Å². The first-order chi connectivity index (χ1) is 15.4. The maximum Gasteiger partial charge on any atom is 0.422 e. The minimum atomic E-state index is -4.65. The van der Waals surface area contributed by atoms with E-state index in [-0.39, 0.29) is 16.1 Å². The van der Waals surface area contributed by atoms with Gasteiger partial charge < -0.3 is 19.7 Å². The molecule has 1 aliphatic heterocycles. The highest BCUT2D eigenvalue weighted by atomic mass is 35.5. The molecule has 1 saturated heterocycles. The summed E-state index contributed by atoms with van der Waals surface area (Å²) in [5.41, 5.74) is -0.806. The first kappa shape index (κ1) is 24.9. The molecule has 0 unspecified atom stereocenters. The predicted octanol–water partition coefficient (Wildman–Crippen LogP) is 4.46. The minimum absolute atomic E-state index is 0.155. The monoisotopic (exact) mass is 497 g/mol. The molecule has 0 saturated carbocycles. The van der Waals surface area contributed by atoms with Gasteiger partial charge in [0, 0.05) is 31.5 Å². The molecule has 0 radical (unpaired) electrons. The largest absolute Gasteiger partial charge is 0.467 e. The fourth-order valence-electron chi connectivity index (χ4n) is 3.08. The van der Waals surface area contributed by atoms with Crippen molar-refractivity contribution in [1.82, 2.24) is 10.3 Å². The molecular formula is C20H18ClF6N3O3. The quantitative estimate of drug-likeness (QED) is 0.597. The molecule has 2 aromatic rings. The van der Waals surface area contributed by atoms with E-state index in [1.54, 1.807) is 4.90 Å². The Morgan fingerprint density at radius 1 is 1.15 bits per heavy atom. The summed E-state index contributed by atoms with van der Waals surface area (Å²) >= 11 is 5.80. The number of pyridine rings is 1. The number of benzene rings is 1. The number of anilines is 1. The zero-order valence-electron chi connectivity index (χ0n) is 16.9. The van der Waals surface area contributed by atoms with E-state index in [0.717, 1.165) is 18.3 Å². The van der Waals surface area contributed by atoms with Gasteiger partial charge in [-0.05, 0) is 23.8 Å². The van der Waals surface area contributed by atoms with Crippen LogP contribution in [-0.2, 0) is 17.5 Å². The molecule has 0 bridgehead atoms. The van der Waals surface area contributed by atoms with Gasteiger partial charge in [0.25, 0.3) is 5.91 Å². The highest BCUT2D eigenvalue weighted by molar-refractivity contribution is 6.32. The lowest BCUT2D eigenvalue weighted by atomic mass is 10.0. The fraction of sp³-hybridized carbons (Fsp3) is 0.400. The van der Waals surface area contributed by atoms with Crippen molar-refractivity contribution in [2.75, 3.05) is 37.8 Å². The van der Waals surface area contributed by atoms with Crippen molar-refractivity contribution in [3.05, 3.63) is 52.2 Å². The number of morpholine rings is 1. The van der Waals surface area contributed by atoms with E-state index in [2.05, 4.69) is 15.0 Å². The number of halogens is 7. The van der Waals surface area contributed by atoms with Gasteiger partial charge in [-0.15, -0.1) is 0 Å². The number of amides is 1. The average Bonchev–Trinajstić information content (AvgIpc) is 2.76. The second-order valence-electron chi connectivity index (χ2n) is 7.04. The number of carbonyl (C=O) groups excluding carboxylic acids is 1. The third kappa shape index (κ3) is 6.87. The van der Waals surface area contributed by atoms with Crippen molar-refractivity contribution in [2.24, 2.45) is 0 Å². The Morgan fingerprint density at radius 2 is 1.85 bits per heavy atom. The van der Waals surface area contributed by atoms with Crippen LogP contribution in [0.4, 0.5) is 32.0 Å². The summed E-state index contributed by atoms with van der Waals surface area (Å²) in [5.74, 6) is -1.33. The highest BCUT2D eigenvalue weighted by Gasteiger charge is 2.34. The van der Waals surface area contributed by atoms with Gasteiger partial charge >= 0.3 is 12.4 Å².